The van der Waals surface area contributed by atoms with E-state index in [4.69, 9.17) is 0 Å². The van der Waals surface area contributed by atoms with Crippen LogP contribution in [0.5, 0.6) is 0 Å². The Labute approximate surface area is 143 Å². The van der Waals surface area contributed by atoms with Crippen LogP contribution in [0.25, 0.3) is 10.6 Å². The third kappa shape index (κ3) is 3.72. The number of aryl methyl sites for hydroxylation is 1. The lowest BCUT2D eigenvalue weighted by Gasteiger charge is -2.06. The van der Waals surface area contributed by atoms with Crippen LogP contribution in [-0.4, -0.2) is 24.7 Å². The SMILES string of the molecule is Cn1cc(S(=O)(=O)NCCc2ccc(F)cc2)c(-c2cccs2)n1. The van der Waals surface area contributed by atoms with Crippen molar-refractivity contribution in [3.05, 3.63) is 59.4 Å². The fraction of sp³-hybridized carbons (Fsp3) is 0.188. The van der Waals surface area contributed by atoms with Gasteiger partial charge in [-0.1, -0.05) is 18.2 Å². The third-order valence-electron chi connectivity index (χ3n) is 3.46. The highest BCUT2D eigenvalue weighted by molar-refractivity contribution is 7.89. The van der Waals surface area contributed by atoms with Gasteiger partial charge in [-0.3, -0.25) is 4.68 Å². The Morgan fingerprint density at radius 3 is 2.67 bits per heavy atom. The first kappa shape index (κ1) is 16.8. The molecule has 0 unspecified atom stereocenters. The molecule has 8 heteroatoms. The molecule has 1 N–H and O–H groups in total. The van der Waals surface area contributed by atoms with Gasteiger partial charge in [-0.2, -0.15) is 5.10 Å². The van der Waals surface area contributed by atoms with Gasteiger partial charge in [-0.05, 0) is 35.6 Å². The van der Waals surface area contributed by atoms with E-state index in [0.717, 1.165) is 10.4 Å². The number of nitrogens with zero attached hydrogens (tertiary/aromatic N) is 2. The Kier molecular flexibility index (Phi) is 4.79. The summed E-state index contributed by atoms with van der Waals surface area (Å²) in [4.78, 5) is 0.959. The number of thiophene rings is 1. The van der Waals surface area contributed by atoms with Crippen molar-refractivity contribution in [2.45, 2.75) is 11.3 Å². The van der Waals surface area contributed by atoms with Crippen molar-refractivity contribution in [3.8, 4) is 10.6 Å². The van der Waals surface area contributed by atoms with Crippen molar-refractivity contribution in [1.29, 1.82) is 0 Å². The van der Waals surface area contributed by atoms with Gasteiger partial charge in [0.1, 0.15) is 16.4 Å². The van der Waals surface area contributed by atoms with Crippen LogP contribution in [-0.2, 0) is 23.5 Å². The van der Waals surface area contributed by atoms with Crippen LogP contribution in [0.4, 0.5) is 4.39 Å². The molecule has 0 amide bonds. The highest BCUT2D eigenvalue weighted by Crippen LogP contribution is 2.29. The fourth-order valence-corrected chi connectivity index (χ4v) is 4.32. The minimum atomic E-state index is -3.68. The van der Waals surface area contributed by atoms with Crippen molar-refractivity contribution in [2.24, 2.45) is 7.05 Å². The van der Waals surface area contributed by atoms with Crippen LogP contribution in [0.2, 0.25) is 0 Å². The first-order valence-corrected chi connectivity index (χ1v) is 9.63. The van der Waals surface area contributed by atoms with E-state index >= 15 is 0 Å². The molecule has 0 bridgehead atoms. The summed E-state index contributed by atoms with van der Waals surface area (Å²) in [5, 5.41) is 6.14. The lowest BCUT2D eigenvalue weighted by molar-refractivity contribution is 0.581. The maximum absolute atomic E-state index is 12.9. The zero-order valence-corrected chi connectivity index (χ0v) is 14.6. The summed E-state index contributed by atoms with van der Waals surface area (Å²) in [7, 11) is -1.99. The van der Waals surface area contributed by atoms with Crippen molar-refractivity contribution in [3.63, 3.8) is 0 Å². The Balaban J connectivity index is 1.75. The molecular formula is C16H16FN3O2S2. The Hall–Kier alpha value is -2.03. The minimum absolute atomic E-state index is 0.159. The standard InChI is InChI=1S/C16H16FN3O2S2/c1-20-11-15(16(19-20)14-3-2-10-23-14)24(21,22)18-9-8-12-4-6-13(17)7-5-12/h2-7,10-11,18H,8-9H2,1H3. The molecule has 0 atom stereocenters. The zero-order chi connectivity index (χ0) is 17.2. The Morgan fingerprint density at radius 2 is 2.00 bits per heavy atom. The van der Waals surface area contributed by atoms with Gasteiger partial charge in [-0.25, -0.2) is 17.5 Å². The molecule has 5 nitrogen and oxygen atoms in total. The molecular weight excluding hydrogens is 349 g/mol. The monoisotopic (exact) mass is 365 g/mol. The van der Waals surface area contributed by atoms with Crippen LogP contribution < -0.4 is 4.72 Å². The number of hydrogen-bond acceptors (Lipinski definition) is 4. The number of sulfonamides is 1. The van der Waals surface area contributed by atoms with E-state index in [2.05, 4.69) is 9.82 Å². The number of halogens is 1. The Bertz CT molecular complexity index is 917. The van der Waals surface area contributed by atoms with Crippen LogP contribution in [0.3, 0.4) is 0 Å². The van der Waals surface area contributed by atoms with Crippen molar-refractivity contribution in [1.82, 2.24) is 14.5 Å². The van der Waals surface area contributed by atoms with Crippen LogP contribution >= 0.6 is 11.3 Å². The van der Waals surface area contributed by atoms with E-state index in [9.17, 15) is 12.8 Å². The molecule has 0 fully saturated rings. The first-order valence-electron chi connectivity index (χ1n) is 7.27. The second kappa shape index (κ2) is 6.84. The van der Waals surface area contributed by atoms with Gasteiger partial charge in [0.2, 0.25) is 10.0 Å². The lowest BCUT2D eigenvalue weighted by Crippen LogP contribution is -2.26. The molecule has 2 heterocycles. The van der Waals surface area contributed by atoms with E-state index in [-0.39, 0.29) is 17.3 Å². The summed E-state index contributed by atoms with van der Waals surface area (Å²) < 4.78 is 42.1. The molecule has 24 heavy (non-hydrogen) atoms. The summed E-state index contributed by atoms with van der Waals surface area (Å²) in [6.45, 7) is 0.229. The molecule has 1 aromatic carbocycles. The highest BCUT2D eigenvalue weighted by Gasteiger charge is 2.23. The van der Waals surface area contributed by atoms with Gasteiger partial charge in [0.25, 0.3) is 0 Å². The second-order valence-electron chi connectivity index (χ2n) is 5.27. The molecule has 3 rings (SSSR count). The number of aromatic nitrogens is 2. The molecule has 0 aliphatic rings. The average Bonchev–Trinajstić information content (AvgIpc) is 3.18. The maximum atomic E-state index is 12.9. The molecule has 0 spiro atoms. The summed E-state index contributed by atoms with van der Waals surface area (Å²) in [5.41, 5.74) is 1.31. The van der Waals surface area contributed by atoms with E-state index in [0.29, 0.717) is 12.1 Å². The van der Waals surface area contributed by atoms with E-state index in [1.54, 1.807) is 19.2 Å². The number of hydrogen-bond donors (Lipinski definition) is 1. The molecule has 0 aliphatic carbocycles. The van der Waals surface area contributed by atoms with E-state index in [1.165, 1.54) is 34.3 Å². The van der Waals surface area contributed by atoms with Gasteiger partial charge in [0.05, 0.1) is 4.88 Å². The smallest absolute Gasteiger partial charge is 0.244 e. The van der Waals surface area contributed by atoms with Gasteiger partial charge < -0.3 is 0 Å². The van der Waals surface area contributed by atoms with Gasteiger partial charge in [0, 0.05) is 19.8 Å². The largest absolute Gasteiger partial charge is 0.274 e. The summed E-state index contributed by atoms with van der Waals surface area (Å²) in [6, 6.07) is 9.70. The van der Waals surface area contributed by atoms with Gasteiger partial charge in [-0.15, -0.1) is 11.3 Å². The van der Waals surface area contributed by atoms with E-state index < -0.39 is 10.0 Å². The first-order chi connectivity index (χ1) is 11.5. The molecule has 0 aliphatic heterocycles. The molecule has 0 saturated heterocycles. The molecule has 3 aromatic rings. The Morgan fingerprint density at radius 1 is 1.25 bits per heavy atom. The van der Waals surface area contributed by atoms with Gasteiger partial charge >= 0.3 is 0 Å². The molecule has 2 aromatic heterocycles. The third-order valence-corrected chi connectivity index (χ3v) is 5.80. The average molecular weight is 365 g/mol. The second-order valence-corrected chi connectivity index (χ2v) is 7.95. The normalized spacial score (nSPS) is 11.8. The van der Waals surface area contributed by atoms with Crippen LogP contribution in [0.1, 0.15) is 5.56 Å². The van der Waals surface area contributed by atoms with Crippen LogP contribution in [0.15, 0.2) is 52.9 Å². The summed E-state index contributed by atoms with van der Waals surface area (Å²) >= 11 is 1.44. The van der Waals surface area contributed by atoms with Crippen LogP contribution in [0, 0.1) is 5.82 Å². The minimum Gasteiger partial charge on any atom is -0.274 e. The number of benzene rings is 1. The summed E-state index contributed by atoms with van der Waals surface area (Å²) in [5.74, 6) is -0.310. The van der Waals surface area contributed by atoms with Crippen molar-refractivity contribution >= 4 is 21.4 Å². The molecule has 126 valence electrons. The fourth-order valence-electron chi connectivity index (χ4n) is 2.31. The zero-order valence-electron chi connectivity index (χ0n) is 12.9. The topological polar surface area (TPSA) is 64.0 Å². The lowest BCUT2D eigenvalue weighted by atomic mass is 10.1. The van der Waals surface area contributed by atoms with Crippen molar-refractivity contribution in [2.75, 3.05) is 6.54 Å². The molecule has 0 radical (unpaired) electrons. The predicted molar refractivity (Wildman–Crippen MR) is 91.8 cm³/mol. The summed E-state index contributed by atoms with van der Waals surface area (Å²) in [6.07, 6.45) is 1.98. The maximum Gasteiger partial charge on any atom is 0.244 e. The predicted octanol–water partition coefficient (Wildman–Crippen LogP) is 2.81. The van der Waals surface area contributed by atoms with E-state index in [1.807, 2.05) is 17.5 Å². The quantitative estimate of drug-likeness (QED) is 0.731. The van der Waals surface area contributed by atoms with Crippen molar-refractivity contribution < 1.29 is 12.8 Å². The van der Waals surface area contributed by atoms with Gasteiger partial charge in [0.15, 0.2) is 0 Å². The molecule has 0 saturated carbocycles. The number of nitrogens with one attached hydrogen (secondary N) is 1. The number of rotatable bonds is 6. The highest BCUT2D eigenvalue weighted by atomic mass is 32.2.